The number of alkyl halides is 1. The van der Waals surface area contributed by atoms with Crippen molar-refractivity contribution in [3.8, 4) is 0 Å². The second-order valence-electron chi connectivity index (χ2n) is 3.14. The minimum absolute atomic E-state index is 0.0978. The first-order valence-corrected chi connectivity index (χ1v) is 6.36. The zero-order valence-corrected chi connectivity index (χ0v) is 10.8. The van der Waals surface area contributed by atoms with Crippen molar-refractivity contribution < 1.29 is 4.92 Å². The van der Waals surface area contributed by atoms with Crippen molar-refractivity contribution >= 4 is 40.7 Å². The second-order valence-corrected chi connectivity index (χ2v) is 5.36. The van der Waals surface area contributed by atoms with Crippen LogP contribution < -0.4 is 0 Å². The Balaban J connectivity index is 2.79. The number of nitrogens with zero attached hydrogens (tertiary/aromatic N) is 2. The molecule has 1 unspecified atom stereocenters. The van der Waals surface area contributed by atoms with Gasteiger partial charge >= 0.3 is 0 Å². The minimum atomic E-state index is -0.518. The van der Waals surface area contributed by atoms with E-state index in [1.807, 2.05) is 6.92 Å². The highest BCUT2D eigenvalue weighted by atomic mass is 35.5. The molecule has 0 fully saturated rings. The lowest BCUT2D eigenvalue weighted by molar-refractivity contribution is -0.385. The van der Waals surface area contributed by atoms with Crippen molar-refractivity contribution in [2.24, 2.45) is 0 Å². The maximum absolute atomic E-state index is 10.5. The number of hydrogen-bond acceptors (Lipinski definition) is 4. The molecule has 0 amide bonds. The number of aromatic nitrogens is 1. The molecule has 0 N–H and O–H groups in total. The van der Waals surface area contributed by atoms with E-state index in [4.69, 9.17) is 23.2 Å². The Kier molecular flexibility index (Phi) is 5.31. The molecular weight excluding hydrogens is 271 g/mol. The third-order valence-electron chi connectivity index (χ3n) is 1.83. The first-order chi connectivity index (χ1) is 7.54. The molecule has 0 bridgehead atoms. The van der Waals surface area contributed by atoms with Crippen LogP contribution in [0, 0.1) is 10.1 Å². The molecule has 0 radical (unpaired) electrons. The van der Waals surface area contributed by atoms with E-state index in [1.54, 1.807) is 0 Å². The monoisotopic (exact) mass is 280 g/mol. The Morgan fingerprint density at radius 1 is 1.69 bits per heavy atom. The van der Waals surface area contributed by atoms with Crippen LogP contribution in [0.15, 0.2) is 17.3 Å². The van der Waals surface area contributed by atoms with Gasteiger partial charge in [0, 0.05) is 17.2 Å². The third-order valence-corrected chi connectivity index (χ3v) is 3.64. The standard InChI is InChI=1S/C9H10Cl2N2O2S/c1-6(2-3-10)16-9-8(11)4-7(5-12-9)13(14)15/h4-6H,2-3H2,1H3. The first kappa shape index (κ1) is 13.5. The van der Waals surface area contributed by atoms with Gasteiger partial charge in [-0.05, 0) is 6.42 Å². The zero-order valence-electron chi connectivity index (χ0n) is 8.52. The van der Waals surface area contributed by atoms with E-state index >= 15 is 0 Å². The Hall–Kier alpha value is -0.520. The van der Waals surface area contributed by atoms with Gasteiger partial charge in [-0.3, -0.25) is 10.1 Å². The van der Waals surface area contributed by atoms with Crippen molar-refractivity contribution in [1.82, 2.24) is 4.98 Å². The van der Waals surface area contributed by atoms with Crippen molar-refractivity contribution in [1.29, 1.82) is 0 Å². The molecule has 0 aliphatic heterocycles. The number of rotatable bonds is 5. The Bertz CT molecular complexity index is 390. The van der Waals surface area contributed by atoms with Gasteiger partial charge in [-0.1, -0.05) is 18.5 Å². The Labute approximate surface area is 107 Å². The number of halogens is 2. The number of hydrogen-bond donors (Lipinski definition) is 0. The van der Waals surface area contributed by atoms with Crippen LogP contribution in [0.1, 0.15) is 13.3 Å². The molecule has 1 heterocycles. The summed E-state index contributed by atoms with van der Waals surface area (Å²) in [6.45, 7) is 2.01. The van der Waals surface area contributed by atoms with Crippen LogP contribution in [-0.2, 0) is 0 Å². The van der Waals surface area contributed by atoms with Gasteiger partial charge in [-0.25, -0.2) is 4.98 Å². The average molecular weight is 281 g/mol. The molecule has 0 saturated carbocycles. The molecule has 16 heavy (non-hydrogen) atoms. The van der Waals surface area contributed by atoms with Gasteiger partial charge in [0.2, 0.25) is 0 Å². The summed E-state index contributed by atoms with van der Waals surface area (Å²) in [6, 6.07) is 1.31. The van der Waals surface area contributed by atoms with Gasteiger partial charge in [0.15, 0.2) is 0 Å². The van der Waals surface area contributed by atoms with Crippen LogP contribution in [0.25, 0.3) is 0 Å². The zero-order chi connectivity index (χ0) is 12.1. The molecule has 1 atom stereocenters. The highest BCUT2D eigenvalue weighted by Gasteiger charge is 2.13. The van der Waals surface area contributed by atoms with Crippen LogP contribution in [-0.4, -0.2) is 21.0 Å². The fourth-order valence-electron chi connectivity index (χ4n) is 1.00. The van der Waals surface area contributed by atoms with Crippen molar-refractivity contribution in [3.05, 3.63) is 27.4 Å². The lowest BCUT2D eigenvalue weighted by Gasteiger charge is -2.08. The van der Waals surface area contributed by atoms with Gasteiger partial charge in [0.05, 0.1) is 9.95 Å². The normalized spacial score (nSPS) is 12.4. The van der Waals surface area contributed by atoms with Crippen LogP contribution in [0.5, 0.6) is 0 Å². The van der Waals surface area contributed by atoms with Gasteiger partial charge < -0.3 is 0 Å². The van der Waals surface area contributed by atoms with Crippen LogP contribution in [0.3, 0.4) is 0 Å². The number of pyridine rings is 1. The summed E-state index contributed by atoms with van der Waals surface area (Å²) in [4.78, 5) is 13.9. The predicted molar refractivity (Wildman–Crippen MR) is 66.6 cm³/mol. The summed E-state index contributed by atoms with van der Waals surface area (Å²) in [7, 11) is 0. The first-order valence-electron chi connectivity index (χ1n) is 4.57. The van der Waals surface area contributed by atoms with Crippen molar-refractivity contribution in [2.75, 3.05) is 5.88 Å². The Morgan fingerprint density at radius 3 is 2.88 bits per heavy atom. The molecule has 88 valence electrons. The lowest BCUT2D eigenvalue weighted by Crippen LogP contribution is -1.98. The highest BCUT2D eigenvalue weighted by Crippen LogP contribution is 2.31. The van der Waals surface area contributed by atoms with E-state index in [9.17, 15) is 10.1 Å². The molecule has 0 aliphatic rings. The molecule has 1 aromatic heterocycles. The SMILES string of the molecule is CC(CCCl)Sc1ncc([N+](=O)[O-])cc1Cl. The van der Waals surface area contributed by atoms with Crippen LogP contribution in [0.4, 0.5) is 5.69 Å². The predicted octanol–water partition coefficient (Wildman–Crippen LogP) is 3.75. The molecular formula is C9H10Cl2N2O2S. The maximum atomic E-state index is 10.5. The van der Waals surface area contributed by atoms with E-state index < -0.39 is 4.92 Å². The fraction of sp³-hybridized carbons (Fsp3) is 0.444. The van der Waals surface area contributed by atoms with Gasteiger partial charge in [-0.2, -0.15) is 0 Å². The Morgan fingerprint density at radius 2 is 2.38 bits per heavy atom. The summed E-state index contributed by atoms with van der Waals surface area (Å²) in [5.41, 5.74) is -0.0978. The molecule has 0 spiro atoms. The number of nitro groups is 1. The molecule has 1 aromatic rings. The summed E-state index contributed by atoms with van der Waals surface area (Å²) in [6.07, 6.45) is 2.04. The number of thioether (sulfide) groups is 1. The van der Waals surface area contributed by atoms with Crippen LogP contribution in [0.2, 0.25) is 5.02 Å². The summed E-state index contributed by atoms with van der Waals surface area (Å²) in [5, 5.41) is 11.7. The average Bonchev–Trinajstić information content (AvgIpc) is 2.21. The third kappa shape index (κ3) is 3.81. The maximum Gasteiger partial charge on any atom is 0.289 e. The van der Waals surface area contributed by atoms with Crippen molar-refractivity contribution in [2.45, 2.75) is 23.6 Å². The molecule has 0 aliphatic carbocycles. The molecule has 4 nitrogen and oxygen atoms in total. The highest BCUT2D eigenvalue weighted by molar-refractivity contribution is 7.99. The van der Waals surface area contributed by atoms with Crippen molar-refractivity contribution in [3.63, 3.8) is 0 Å². The smallest absolute Gasteiger partial charge is 0.258 e. The van der Waals surface area contributed by atoms with E-state index in [1.165, 1.54) is 24.0 Å². The van der Waals surface area contributed by atoms with Gasteiger partial charge in [-0.15, -0.1) is 23.4 Å². The van der Waals surface area contributed by atoms with E-state index in [0.29, 0.717) is 15.9 Å². The lowest BCUT2D eigenvalue weighted by atomic mass is 10.4. The van der Waals surface area contributed by atoms with E-state index in [0.717, 1.165) is 6.42 Å². The molecule has 0 aromatic carbocycles. The summed E-state index contributed by atoms with van der Waals surface area (Å²) >= 11 is 13.0. The molecule has 0 saturated heterocycles. The largest absolute Gasteiger partial charge is 0.289 e. The molecule has 7 heteroatoms. The van der Waals surface area contributed by atoms with Gasteiger partial charge in [0.1, 0.15) is 11.2 Å². The summed E-state index contributed by atoms with van der Waals surface area (Å²) < 4.78 is 0. The van der Waals surface area contributed by atoms with E-state index in [2.05, 4.69) is 4.98 Å². The second kappa shape index (κ2) is 6.27. The quantitative estimate of drug-likeness (QED) is 0.357. The summed E-state index contributed by atoms with van der Waals surface area (Å²) in [5.74, 6) is 0.568. The molecule has 1 rings (SSSR count). The fourth-order valence-corrected chi connectivity index (χ4v) is 2.66. The van der Waals surface area contributed by atoms with Crippen LogP contribution >= 0.6 is 35.0 Å². The van der Waals surface area contributed by atoms with Gasteiger partial charge in [0.25, 0.3) is 5.69 Å². The minimum Gasteiger partial charge on any atom is -0.258 e. The van der Waals surface area contributed by atoms with E-state index in [-0.39, 0.29) is 10.9 Å². The topological polar surface area (TPSA) is 56.0 Å².